The van der Waals surface area contributed by atoms with E-state index in [0.717, 1.165) is 6.42 Å². The first kappa shape index (κ1) is 9.76. The second-order valence-corrected chi connectivity index (χ2v) is 2.53. The molecule has 2 nitrogen and oxygen atoms in total. The Balaban J connectivity index is 3.37. The van der Waals surface area contributed by atoms with Gasteiger partial charge in [0.05, 0.1) is 12.5 Å². The minimum atomic E-state index is -0.204. The first-order valence-corrected chi connectivity index (χ1v) is 3.99. The molecule has 0 rings (SSSR count). The van der Waals surface area contributed by atoms with E-state index in [1.807, 2.05) is 13.8 Å². The van der Waals surface area contributed by atoms with Crippen LogP contribution in [0.5, 0.6) is 0 Å². The van der Waals surface area contributed by atoms with Crippen LogP contribution in [0.2, 0.25) is 0 Å². The first-order valence-electron chi connectivity index (χ1n) is 3.46. The van der Waals surface area contributed by atoms with E-state index in [9.17, 15) is 4.79 Å². The van der Waals surface area contributed by atoms with Gasteiger partial charge in [0.15, 0.2) is 0 Å². The van der Waals surface area contributed by atoms with Crippen molar-refractivity contribution in [3.05, 3.63) is 0 Å². The molecular weight excluding hydrogens is 152 g/mol. The smallest absolute Gasteiger partial charge is 0.307 e. The maximum absolute atomic E-state index is 10.7. The molecule has 0 aromatic heterocycles. The van der Waals surface area contributed by atoms with Crippen molar-refractivity contribution < 1.29 is 9.53 Å². The second-order valence-electron chi connectivity index (χ2n) is 2.15. The maximum Gasteiger partial charge on any atom is 0.307 e. The summed E-state index contributed by atoms with van der Waals surface area (Å²) in [5.41, 5.74) is 0. The highest BCUT2D eigenvalue weighted by molar-refractivity contribution is 6.18. The number of alkyl halides is 1. The van der Waals surface area contributed by atoms with Crippen LogP contribution < -0.4 is 0 Å². The molecule has 0 aliphatic heterocycles. The van der Waals surface area contributed by atoms with Crippen LogP contribution in [0.4, 0.5) is 0 Å². The molecule has 60 valence electrons. The van der Waals surface area contributed by atoms with Crippen LogP contribution in [0, 0.1) is 0 Å². The minimum absolute atomic E-state index is 0.0238. The van der Waals surface area contributed by atoms with Crippen molar-refractivity contribution in [1.82, 2.24) is 0 Å². The van der Waals surface area contributed by atoms with Crippen LogP contribution in [-0.4, -0.2) is 18.0 Å². The summed E-state index contributed by atoms with van der Waals surface area (Å²) in [5, 5.41) is 0. The fourth-order valence-electron chi connectivity index (χ4n) is 0.444. The van der Waals surface area contributed by atoms with Gasteiger partial charge in [-0.2, -0.15) is 0 Å². The van der Waals surface area contributed by atoms with Gasteiger partial charge in [0.25, 0.3) is 0 Å². The Morgan fingerprint density at radius 1 is 1.70 bits per heavy atom. The highest BCUT2D eigenvalue weighted by Gasteiger charge is 2.05. The van der Waals surface area contributed by atoms with Crippen molar-refractivity contribution in [2.24, 2.45) is 0 Å². The Morgan fingerprint density at radius 3 is 2.70 bits per heavy atom. The van der Waals surface area contributed by atoms with Gasteiger partial charge in [-0.25, -0.2) is 0 Å². The normalized spacial score (nSPS) is 12.7. The molecule has 0 aromatic rings. The number of ether oxygens (including phenoxy) is 1. The first-order chi connectivity index (χ1) is 4.70. The lowest BCUT2D eigenvalue weighted by atomic mass is 10.3. The van der Waals surface area contributed by atoms with Crippen LogP contribution in [0.1, 0.15) is 26.7 Å². The van der Waals surface area contributed by atoms with Crippen molar-refractivity contribution in [2.45, 2.75) is 32.8 Å². The van der Waals surface area contributed by atoms with Gasteiger partial charge >= 0.3 is 5.97 Å². The fourth-order valence-corrected chi connectivity index (χ4v) is 0.598. The van der Waals surface area contributed by atoms with Gasteiger partial charge in [0.2, 0.25) is 0 Å². The lowest BCUT2D eigenvalue weighted by Gasteiger charge is -2.08. The van der Waals surface area contributed by atoms with Gasteiger partial charge in [0, 0.05) is 5.88 Å². The van der Waals surface area contributed by atoms with E-state index in [-0.39, 0.29) is 12.1 Å². The number of esters is 1. The molecule has 0 amide bonds. The standard InChI is InChI=1S/C7H13ClO2/c1-3-6(2)10-7(9)4-5-8/h6H,3-5H2,1-2H3/t6-/m0/s1. The van der Waals surface area contributed by atoms with Crippen molar-refractivity contribution in [1.29, 1.82) is 0 Å². The van der Waals surface area contributed by atoms with Gasteiger partial charge in [-0.05, 0) is 13.3 Å². The predicted octanol–water partition coefficient (Wildman–Crippen LogP) is 1.96. The summed E-state index contributed by atoms with van der Waals surface area (Å²) in [4.78, 5) is 10.7. The zero-order valence-corrected chi connectivity index (χ0v) is 7.15. The number of hydrogen-bond donors (Lipinski definition) is 0. The van der Waals surface area contributed by atoms with Crippen LogP contribution >= 0.6 is 11.6 Å². The number of carbonyl (C=O) groups excluding carboxylic acids is 1. The Kier molecular flexibility index (Phi) is 5.40. The van der Waals surface area contributed by atoms with E-state index in [1.54, 1.807) is 0 Å². The van der Waals surface area contributed by atoms with Crippen molar-refractivity contribution in [2.75, 3.05) is 5.88 Å². The highest BCUT2D eigenvalue weighted by atomic mass is 35.5. The number of hydrogen-bond acceptors (Lipinski definition) is 2. The number of rotatable bonds is 4. The molecule has 1 atom stereocenters. The van der Waals surface area contributed by atoms with Crippen LogP contribution in [-0.2, 0) is 9.53 Å². The number of carbonyl (C=O) groups is 1. The minimum Gasteiger partial charge on any atom is -0.463 e. The topological polar surface area (TPSA) is 26.3 Å². The summed E-state index contributed by atoms with van der Waals surface area (Å²) in [6.07, 6.45) is 1.19. The van der Waals surface area contributed by atoms with Gasteiger partial charge in [-0.3, -0.25) is 4.79 Å². The Morgan fingerprint density at radius 2 is 2.30 bits per heavy atom. The predicted molar refractivity (Wildman–Crippen MR) is 41.2 cm³/mol. The zero-order valence-electron chi connectivity index (χ0n) is 6.39. The molecule has 0 radical (unpaired) electrons. The number of halogens is 1. The van der Waals surface area contributed by atoms with E-state index in [2.05, 4.69) is 0 Å². The molecule has 0 aromatic carbocycles. The van der Waals surface area contributed by atoms with E-state index < -0.39 is 0 Å². The van der Waals surface area contributed by atoms with Gasteiger partial charge < -0.3 is 4.74 Å². The summed E-state index contributed by atoms with van der Waals surface area (Å²) in [7, 11) is 0. The van der Waals surface area contributed by atoms with E-state index in [1.165, 1.54) is 0 Å². The third-order valence-corrected chi connectivity index (χ3v) is 1.40. The fraction of sp³-hybridized carbons (Fsp3) is 0.857. The molecule has 0 heterocycles. The summed E-state index contributed by atoms with van der Waals surface area (Å²) < 4.78 is 4.92. The van der Waals surface area contributed by atoms with Crippen LogP contribution in [0.3, 0.4) is 0 Å². The summed E-state index contributed by atoms with van der Waals surface area (Å²) in [6, 6.07) is 0. The molecule has 3 heteroatoms. The zero-order chi connectivity index (χ0) is 7.98. The summed E-state index contributed by atoms with van der Waals surface area (Å²) >= 11 is 5.32. The monoisotopic (exact) mass is 164 g/mol. The van der Waals surface area contributed by atoms with Crippen molar-refractivity contribution >= 4 is 17.6 Å². The molecule has 0 N–H and O–H groups in total. The molecule has 0 unspecified atom stereocenters. The van der Waals surface area contributed by atoms with E-state index >= 15 is 0 Å². The molecule has 0 fully saturated rings. The average molecular weight is 165 g/mol. The molecule has 0 saturated heterocycles. The maximum atomic E-state index is 10.7. The highest BCUT2D eigenvalue weighted by Crippen LogP contribution is 1.98. The van der Waals surface area contributed by atoms with Crippen molar-refractivity contribution in [3.63, 3.8) is 0 Å². The van der Waals surface area contributed by atoms with Crippen LogP contribution in [0.25, 0.3) is 0 Å². The Labute approximate surface area is 66.5 Å². The SMILES string of the molecule is CC[C@H](C)OC(=O)CCCl. The lowest BCUT2D eigenvalue weighted by Crippen LogP contribution is -2.13. The quantitative estimate of drug-likeness (QED) is 0.469. The van der Waals surface area contributed by atoms with E-state index in [4.69, 9.17) is 16.3 Å². The molecule has 0 aliphatic carbocycles. The molecule has 0 bridgehead atoms. The molecule has 10 heavy (non-hydrogen) atoms. The molecular formula is C7H13ClO2. The lowest BCUT2D eigenvalue weighted by molar-refractivity contribution is -0.147. The molecule has 0 spiro atoms. The largest absolute Gasteiger partial charge is 0.463 e. The summed E-state index contributed by atoms with van der Waals surface area (Å²) in [5.74, 6) is 0.138. The Hall–Kier alpha value is -0.240. The van der Waals surface area contributed by atoms with Crippen LogP contribution in [0.15, 0.2) is 0 Å². The molecule has 0 aliphatic rings. The second kappa shape index (κ2) is 5.54. The van der Waals surface area contributed by atoms with Gasteiger partial charge in [-0.15, -0.1) is 11.6 Å². The summed E-state index contributed by atoms with van der Waals surface area (Å²) in [6.45, 7) is 3.84. The van der Waals surface area contributed by atoms with E-state index in [0.29, 0.717) is 12.3 Å². The van der Waals surface area contributed by atoms with Gasteiger partial charge in [-0.1, -0.05) is 6.92 Å². The third-order valence-electron chi connectivity index (χ3n) is 1.21. The Bertz CT molecular complexity index is 104. The third kappa shape index (κ3) is 4.62. The molecule has 0 saturated carbocycles. The van der Waals surface area contributed by atoms with Crippen molar-refractivity contribution in [3.8, 4) is 0 Å². The average Bonchev–Trinajstić information content (AvgIpc) is 1.88. The van der Waals surface area contributed by atoms with Gasteiger partial charge in [0.1, 0.15) is 0 Å².